The van der Waals surface area contributed by atoms with Crippen LogP contribution in [0.25, 0.3) is 22.0 Å². The van der Waals surface area contributed by atoms with Crippen molar-refractivity contribution in [2.75, 3.05) is 7.11 Å². The molecule has 0 bridgehead atoms. The normalized spacial score (nSPS) is 10.8. The molecule has 0 spiro atoms. The Balaban J connectivity index is 2.18. The highest BCUT2D eigenvalue weighted by Gasteiger charge is 2.07. The van der Waals surface area contributed by atoms with Gasteiger partial charge < -0.3 is 4.74 Å². The number of benzene rings is 2. The van der Waals surface area contributed by atoms with Gasteiger partial charge in [0, 0.05) is 12.4 Å². The molecule has 4 heteroatoms. The fourth-order valence-corrected chi connectivity index (χ4v) is 2.46. The van der Waals surface area contributed by atoms with Gasteiger partial charge in [-0.3, -0.25) is 4.57 Å². The molecule has 2 aromatic carbocycles. The molecule has 4 nitrogen and oxygen atoms in total. The van der Waals surface area contributed by atoms with Gasteiger partial charge in [-0.05, 0) is 42.3 Å². The summed E-state index contributed by atoms with van der Waals surface area (Å²) in [5, 5.41) is 0.991. The molecule has 0 unspecified atom stereocenters. The van der Waals surface area contributed by atoms with E-state index >= 15 is 0 Å². The van der Waals surface area contributed by atoms with Crippen molar-refractivity contribution in [2.45, 2.75) is 6.92 Å². The Labute approximate surface area is 122 Å². The maximum absolute atomic E-state index is 11.7. The average Bonchev–Trinajstić information content (AvgIpc) is 2.52. The van der Waals surface area contributed by atoms with Gasteiger partial charge in [0.2, 0.25) is 0 Å². The minimum atomic E-state index is -0.225. The molecule has 1 aromatic heterocycles. The molecule has 3 aromatic rings. The third kappa shape index (κ3) is 2.29. The van der Waals surface area contributed by atoms with Gasteiger partial charge in [-0.15, -0.1) is 0 Å². The molecule has 0 saturated heterocycles. The number of methoxy groups -OCH3 is 1. The predicted octanol–water partition coefficient (Wildman–Crippen LogP) is 2.92. The minimum absolute atomic E-state index is 0.225. The Bertz CT molecular complexity index is 864. The number of aromatic nitrogens is 2. The molecule has 0 radical (unpaired) electrons. The summed E-state index contributed by atoms with van der Waals surface area (Å²) in [6.45, 7) is 1.86. The van der Waals surface area contributed by atoms with Crippen LogP contribution >= 0.6 is 0 Å². The molecule has 0 aliphatic rings. The summed E-state index contributed by atoms with van der Waals surface area (Å²) in [6.07, 6.45) is 0. The van der Waals surface area contributed by atoms with Crippen molar-refractivity contribution in [3.05, 3.63) is 58.6 Å². The summed E-state index contributed by atoms with van der Waals surface area (Å²) < 4.78 is 6.74. The van der Waals surface area contributed by atoms with Gasteiger partial charge in [0.05, 0.1) is 18.3 Å². The summed E-state index contributed by atoms with van der Waals surface area (Å²) in [4.78, 5) is 15.8. The Kier molecular flexibility index (Phi) is 3.22. The van der Waals surface area contributed by atoms with E-state index in [9.17, 15) is 4.79 Å². The van der Waals surface area contributed by atoms with Crippen LogP contribution in [0.2, 0.25) is 0 Å². The molecule has 0 atom stereocenters. The molecular weight excluding hydrogens is 264 g/mol. The average molecular weight is 280 g/mol. The van der Waals surface area contributed by atoms with E-state index < -0.39 is 0 Å². The zero-order valence-corrected chi connectivity index (χ0v) is 12.3. The van der Waals surface area contributed by atoms with E-state index in [-0.39, 0.29) is 5.69 Å². The highest BCUT2D eigenvalue weighted by atomic mass is 16.5. The lowest BCUT2D eigenvalue weighted by Crippen LogP contribution is -2.21. The summed E-state index contributed by atoms with van der Waals surface area (Å²) >= 11 is 0. The molecule has 21 heavy (non-hydrogen) atoms. The van der Waals surface area contributed by atoms with Crippen LogP contribution in [-0.2, 0) is 7.05 Å². The molecule has 0 fully saturated rings. The van der Waals surface area contributed by atoms with Crippen molar-refractivity contribution in [2.24, 2.45) is 7.05 Å². The van der Waals surface area contributed by atoms with Gasteiger partial charge in [-0.1, -0.05) is 18.2 Å². The monoisotopic (exact) mass is 280 g/mol. The van der Waals surface area contributed by atoms with E-state index in [0.717, 1.165) is 33.5 Å². The summed E-state index contributed by atoms with van der Waals surface area (Å²) in [7, 11) is 3.39. The summed E-state index contributed by atoms with van der Waals surface area (Å²) in [5.74, 6) is 0.833. The number of aryl methyl sites for hydroxylation is 2. The van der Waals surface area contributed by atoms with Gasteiger partial charge in [-0.2, -0.15) is 4.98 Å². The second-order valence-electron chi connectivity index (χ2n) is 5.00. The van der Waals surface area contributed by atoms with E-state index in [4.69, 9.17) is 4.74 Å². The van der Waals surface area contributed by atoms with Crippen molar-refractivity contribution < 1.29 is 4.74 Å². The maximum atomic E-state index is 11.7. The second kappa shape index (κ2) is 5.05. The minimum Gasteiger partial charge on any atom is -0.497 e. The van der Waals surface area contributed by atoms with E-state index in [1.54, 1.807) is 18.7 Å². The second-order valence-corrected chi connectivity index (χ2v) is 5.00. The largest absolute Gasteiger partial charge is 0.497 e. The van der Waals surface area contributed by atoms with Crippen LogP contribution in [0.5, 0.6) is 5.75 Å². The Morgan fingerprint density at radius 2 is 1.71 bits per heavy atom. The van der Waals surface area contributed by atoms with Crippen LogP contribution < -0.4 is 10.4 Å². The molecular formula is C17H16N2O2. The van der Waals surface area contributed by atoms with E-state index in [1.165, 1.54) is 0 Å². The lowest BCUT2D eigenvalue weighted by Gasteiger charge is -2.09. The van der Waals surface area contributed by atoms with Crippen LogP contribution in [0, 0.1) is 6.92 Å². The van der Waals surface area contributed by atoms with Crippen molar-refractivity contribution >= 4 is 10.9 Å². The highest BCUT2D eigenvalue weighted by molar-refractivity contribution is 5.86. The SMILES string of the molecule is COc1ccc(-c2ccc3c(c2)c(C)nc(=O)n3C)cc1. The Morgan fingerprint density at radius 1 is 1.05 bits per heavy atom. The van der Waals surface area contributed by atoms with Crippen LogP contribution in [0.15, 0.2) is 47.3 Å². The van der Waals surface area contributed by atoms with E-state index in [2.05, 4.69) is 11.1 Å². The molecule has 0 aliphatic heterocycles. The lowest BCUT2D eigenvalue weighted by atomic mass is 10.0. The van der Waals surface area contributed by atoms with Crippen molar-refractivity contribution in [1.29, 1.82) is 0 Å². The van der Waals surface area contributed by atoms with Crippen LogP contribution in [0.4, 0.5) is 0 Å². The number of hydrogen-bond donors (Lipinski definition) is 0. The third-order valence-electron chi connectivity index (χ3n) is 3.72. The van der Waals surface area contributed by atoms with E-state index in [1.807, 2.05) is 43.3 Å². The van der Waals surface area contributed by atoms with Gasteiger partial charge in [0.15, 0.2) is 0 Å². The van der Waals surface area contributed by atoms with Gasteiger partial charge in [0.1, 0.15) is 5.75 Å². The smallest absolute Gasteiger partial charge is 0.348 e. The van der Waals surface area contributed by atoms with Gasteiger partial charge >= 0.3 is 5.69 Å². The molecule has 106 valence electrons. The van der Waals surface area contributed by atoms with Crippen LogP contribution in [-0.4, -0.2) is 16.7 Å². The number of nitrogens with zero attached hydrogens (tertiary/aromatic N) is 2. The quantitative estimate of drug-likeness (QED) is 0.725. The Morgan fingerprint density at radius 3 is 2.38 bits per heavy atom. The third-order valence-corrected chi connectivity index (χ3v) is 3.72. The Hall–Kier alpha value is -2.62. The summed E-state index contributed by atoms with van der Waals surface area (Å²) in [5.41, 5.74) is 3.62. The topological polar surface area (TPSA) is 44.1 Å². The fourth-order valence-electron chi connectivity index (χ4n) is 2.46. The zero-order chi connectivity index (χ0) is 15.0. The molecule has 1 heterocycles. The first-order chi connectivity index (χ1) is 10.1. The standard InChI is InChI=1S/C17H16N2O2/c1-11-15-10-13(12-4-7-14(21-3)8-5-12)6-9-16(15)19(2)17(20)18-11/h4-10H,1-3H3. The van der Waals surface area contributed by atoms with E-state index in [0.29, 0.717) is 0 Å². The number of ether oxygens (including phenoxy) is 1. The van der Waals surface area contributed by atoms with Crippen LogP contribution in [0.3, 0.4) is 0 Å². The number of fused-ring (bicyclic) bond motifs is 1. The van der Waals surface area contributed by atoms with Gasteiger partial charge in [0.25, 0.3) is 0 Å². The number of rotatable bonds is 2. The van der Waals surface area contributed by atoms with Crippen molar-refractivity contribution in [3.8, 4) is 16.9 Å². The molecule has 0 saturated carbocycles. The molecule has 0 N–H and O–H groups in total. The maximum Gasteiger partial charge on any atom is 0.348 e. The number of hydrogen-bond acceptors (Lipinski definition) is 3. The predicted molar refractivity (Wildman–Crippen MR) is 83.7 cm³/mol. The first kappa shape index (κ1) is 13.4. The first-order valence-electron chi connectivity index (χ1n) is 6.72. The lowest BCUT2D eigenvalue weighted by molar-refractivity contribution is 0.415. The van der Waals surface area contributed by atoms with Crippen LogP contribution in [0.1, 0.15) is 5.69 Å². The molecule has 0 aliphatic carbocycles. The van der Waals surface area contributed by atoms with Gasteiger partial charge in [-0.25, -0.2) is 4.79 Å². The highest BCUT2D eigenvalue weighted by Crippen LogP contribution is 2.26. The zero-order valence-electron chi connectivity index (χ0n) is 12.3. The molecule has 3 rings (SSSR count). The fraction of sp³-hybridized carbons (Fsp3) is 0.176. The van der Waals surface area contributed by atoms with Crippen molar-refractivity contribution in [3.63, 3.8) is 0 Å². The summed E-state index contributed by atoms with van der Waals surface area (Å²) in [6, 6.07) is 14.0. The molecule has 0 amide bonds. The first-order valence-corrected chi connectivity index (χ1v) is 6.72. The van der Waals surface area contributed by atoms with Crippen molar-refractivity contribution in [1.82, 2.24) is 9.55 Å².